The summed E-state index contributed by atoms with van der Waals surface area (Å²) in [6.45, 7) is 0. The Morgan fingerprint density at radius 1 is 1.33 bits per heavy atom. The minimum Gasteiger partial charge on any atom is -0.506 e. The minimum atomic E-state index is 0.106. The summed E-state index contributed by atoms with van der Waals surface area (Å²) < 4.78 is 5.46. The summed E-state index contributed by atoms with van der Waals surface area (Å²) in [5.74, 6) is 1.18. The highest BCUT2D eigenvalue weighted by Gasteiger charge is 2.22. The third-order valence-corrected chi connectivity index (χ3v) is 3.64. The van der Waals surface area contributed by atoms with Gasteiger partial charge in [-0.3, -0.25) is 0 Å². The van der Waals surface area contributed by atoms with Crippen LogP contribution < -0.4 is 5.32 Å². The van der Waals surface area contributed by atoms with Crippen molar-refractivity contribution in [1.29, 1.82) is 0 Å². The van der Waals surface area contributed by atoms with E-state index in [1.54, 1.807) is 18.4 Å². The van der Waals surface area contributed by atoms with E-state index >= 15 is 0 Å². The summed E-state index contributed by atoms with van der Waals surface area (Å²) in [6, 6.07) is 7.45. The first-order valence-corrected chi connectivity index (χ1v) is 6.43. The molecule has 2 N–H and O–H groups in total. The van der Waals surface area contributed by atoms with Gasteiger partial charge in [0.2, 0.25) is 0 Å². The third kappa shape index (κ3) is 2.06. The van der Waals surface area contributed by atoms with Crippen molar-refractivity contribution in [2.45, 2.75) is 25.3 Å². The van der Waals surface area contributed by atoms with Gasteiger partial charge in [-0.25, -0.2) is 0 Å². The molecule has 0 radical (unpaired) electrons. The lowest BCUT2D eigenvalue weighted by Gasteiger charge is -2.23. The lowest BCUT2D eigenvalue weighted by atomic mass is 9.93. The first kappa shape index (κ1) is 11.5. The Kier molecular flexibility index (Phi) is 2.92. The van der Waals surface area contributed by atoms with E-state index in [1.807, 2.05) is 12.1 Å². The maximum Gasteiger partial charge on any atom is 0.134 e. The molecular formula is C14H14ClNO2. The van der Waals surface area contributed by atoms with E-state index in [0.29, 0.717) is 5.02 Å². The molecule has 4 heteroatoms. The molecule has 3 rings (SSSR count). The molecule has 0 saturated heterocycles. The second-order valence-corrected chi connectivity index (χ2v) is 4.96. The van der Waals surface area contributed by atoms with Crippen molar-refractivity contribution in [3.8, 4) is 5.75 Å². The van der Waals surface area contributed by atoms with Crippen LogP contribution in [0.3, 0.4) is 0 Å². The smallest absolute Gasteiger partial charge is 0.134 e. The number of halogens is 1. The number of rotatable bonds is 2. The summed E-state index contributed by atoms with van der Waals surface area (Å²) in [5.41, 5.74) is 2.14. The zero-order chi connectivity index (χ0) is 12.5. The van der Waals surface area contributed by atoms with Crippen LogP contribution >= 0.6 is 11.6 Å². The van der Waals surface area contributed by atoms with E-state index in [1.165, 1.54) is 5.56 Å². The standard InChI is InChI=1S/C14H14ClNO2/c15-11-8-9(4-5-13(11)17)16-12-2-1-3-14-10(12)6-7-18-14/h4-8,12,16-17H,1-3H2. The molecule has 1 atom stereocenters. The summed E-state index contributed by atoms with van der Waals surface area (Å²) in [5, 5.41) is 13.2. The molecule has 94 valence electrons. The summed E-state index contributed by atoms with van der Waals surface area (Å²) in [4.78, 5) is 0. The van der Waals surface area contributed by atoms with Crippen molar-refractivity contribution >= 4 is 17.3 Å². The number of hydrogen-bond donors (Lipinski definition) is 2. The number of furan rings is 1. The van der Waals surface area contributed by atoms with Crippen LogP contribution in [0.25, 0.3) is 0 Å². The average Bonchev–Trinajstić information content (AvgIpc) is 2.83. The Bertz CT molecular complexity index is 565. The number of phenolic OH excluding ortho intramolecular Hbond substituents is 1. The van der Waals surface area contributed by atoms with Crippen molar-refractivity contribution in [2.75, 3.05) is 5.32 Å². The SMILES string of the molecule is Oc1ccc(NC2CCCc3occc32)cc1Cl. The first-order valence-electron chi connectivity index (χ1n) is 6.05. The van der Waals surface area contributed by atoms with Crippen LogP contribution in [0.4, 0.5) is 5.69 Å². The molecule has 0 saturated carbocycles. The maximum atomic E-state index is 9.40. The zero-order valence-electron chi connectivity index (χ0n) is 9.82. The highest BCUT2D eigenvalue weighted by molar-refractivity contribution is 6.32. The lowest BCUT2D eigenvalue weighted by Crippen LogP contribution is -2.15. The van der Waals surface area contributed by atoms with E-state index in [0.717, 1.165) is 30.7 Å². The van der Waals surface area contributed by atoms with Crippen LogP contribution in [-0.4, -0.2) is 5.11 Å². The molecule has 0 bridgehead atoms. The quantitative estimate of drug-likeness (QED) is 0.801. The molecule has 1 unspecified atom stereocenters. The zero-order valence-corrected chi connectivity index (χ0v) is 10.6. The fourth-order valence-electron chi connectivity index (χ4n) is 2.43. The fourth-order valence-corrected chi connectivity index (χ4v) is 2.61. The van der Waals surface area contributed by atoms with Crippen LogP contribution in [-0.2, 0) is 6.42 Å². The lowest BCUT2D eigenvalue weighted by molar-refractivity contribution is 0.461. The number of aromatic hydroxyl groups is 1. The van der Waals surface area contributed by atoms with Gasteiger partial charge in [0, 0.05) is 17.7 Å². The van der Waals surface area contributed by atoms with Crippen LogP contribution in [0.5, 0.6) is 5.75 Å². The Morgan fingerprint density at radius 3 is 3.06 bits per heavy atom. The molecule has 1 aliphatic rings. The molecule has 0 aliphatic heterocycles. The van der Waals surface area contributed by atoms with Crippen molar-refractivity contribution in [3.63, 3.8) is 0 Å². The molecule has 1 aliphatic carbocycles. The van der Waals surface area contributed by atoms with Crippen molar-refractivity contribution in [3.05, 3.63) is 46.9 Å². The monoisotopic (exact) mass is 263 g/mol. The van der Waals surface area contributed by atoms with Crippen LogP contribution in [0.1, 0.15) is 30.2 Å². The molecule has 0 amide bonds. The number of benzene rings is 1. The van der Waals surface area contributed by atoms with E-state index in [2.05, 4.69) is 5.32 Å². The molecule has 2 aromatic rings. The van der Waals surface area contributed by atoms with Gasteiger partial charge in [0.15, 0.2) is 0 Å². The third-order valence-electron chi connectivity index (χ3n) is 3.34. The normalized spacial score (nSPS) is 18.4. The first-order chi connectivity index (χ1) is 8.74. The topological polar surface area (TPSA) is 45.4 Å². The predicted octanol–water partition coefficient (Wildman–Crippen LogP) is 4.13. The minimum absolute atomic E-state index is 0.106. The van der Waals surface area contributed by atoms with E-state index < -0.39 is 0 Å². The van der Waals surface area contributed by atoms with Crippen LogP contribution in [0.15, 0.2) is 34.9 Å². The number of hydrogen-bond acceptors (Lipinski definition) is 3. The van der Waals surface area contributed by atoms with Crippen LogP contribution in [0, 0.1) is 0 Å². The Balaban J connectivity index is 1.84. The summed E-state index contributed by atoms with van der Waals surface area (Å²) in [6.07, 6.45) is 4.94. The summed E-state index contributed by atoms with van der Waals surface area (Å²) in [7, 11) is 0. The van der Waals surface area contributed by atoms with Gasteiger partial charge >= 0.3 is 0 Å². The van der Waals surface area contributed by atoms with Gasteiger partial charge < -0.3 is 14.8 Å². The number of anilines is 1. The van der Waals surface area contributed by atoms with Gasteiger partial charge in [0.25, 0.3) is 0 Å². The molecule has 0 fully saturated rings. The van der Waals surface area contributed by atoms with Crippen molar-refractivity contribution in [2.24, 2.45) is 0 Å². The number of nitrogens with one attached hydrogen (secondary N) is 1. The van der Waals surface area contributed by atoms with Gasteiger partial charge in [0.05, 0.1) is 17.3 Å². The Labute approximate surface area is 110 Å². The van der Waals surface area contributed by atoms with Gasteiger partial charge in [-0.05, 0) is 37.1 Å². The van der Waals surface area contributed by atoms with E-state index in [-0.39, 0.29) is 11.8 Å². The molecule has 0 spiro atoms. The highest BCUT2D eigenvalue weighted by Crippen LogP contribution is 2.34. The predicted molar refractivity (Wildman–Crippen MR) is 71.1 cm³/mol. The van der Waals surface area contributed by atoms with Gasteiger partial charge in [0.1, 0.15) is 11.5 Å². The average molecular weight is 264 g/mol. The number of aryl methyl sites for hydroxylation is 1. The van der Waals surface area contributed by atoms with Gasteiger partial charge in [-0.2, -0.15) is 0 Å². The molecule has 18 heavy (non-hydrogen) atoms. The second-order valence-electron chi connectivity index (χ2n) is 4.55. The largest absolute Gasteiger partial charge is 0.506 e. The van der Waals surface area contributed by atoms with Gasteiger partial charge in [-0.15, -0.1) is 0 Å². The van der Waals surface area contributed by atoms with E-state index in [9.17, 15) is 5.11 Å². The molecule has 1 aromatic carbocycles. The van der Waals surface area contributed by atoms with E-state index in [4.69, 9.17) is 16.0 Å². The number of fused-ring (bicyclic) bond motifs is 1. The highest BCUT2D eigenvalue weighted by atomic mass is 35.5. The fraction of sp³-hybridized carbons (Fsp3) is 0.286. The molecule has 1 heterocycles. The summed E-state index contributed by atoms with van der Waals surface area (Å²) >= 11 is 5.90. The maximum absolute atomic E-state index is 9.40. The molecule has 1 aromatic heterocycles. The van der Waals surface area contributed by atoms with Crippen molar-refractivity contribution < 1.29 is 9.52 Å². The number of phenols is 1. The molecule has 3 nitrogen and oxygen atoms in total. The second kappa shape index (κ2) is 4.58. The van der Waals surface area contributed by atoms with Crippen LogP contribution in [0.2, 0.25) is 5.02 Å². The van der Waals surface area contributed by atoms with Gasteiger partial charge in [-0.1, -0.05) is 11.6 Å². The van der Waals surface area contributed by atoms with Crippen molar-refractivity contribution in [1.82, 2.24) is 0 Å². The Morgan fingerprint density at radius 2 is 2.22 bits per heavy atom. The Hall–Kier alpha value is -1.61. The molecular weight excluding hydrogens is 250 g/mol.